The van der Waals surface area contributed by atoms with Crippen molar-refractivity contribution >= 4 is 29.0 Å². The molecule has 12 heavy (non-hydrogen) atoms. The number of halogens is 3. The quantitative estimate of drug-likeness (QED) is 0.402. The molecular weight excluding hydrogens is 219 g/mol. The minimum atomic E-state index is -3.42. The Morgan fingerprint density at radius 1 is 1.33 bits per heavy atom. The third kappa shape index (κ3) is 5.27. The van der Waals surface area contributed by atoms with Crippen molar-refractivity contribution in [2.24, 2.45) is 0 Å². The summed E-state index contributed by atoms with van der Waals surface area (Å²) in [6.45, 7) is -3.42. The van der Waals surface area contributed by atoms with E-state index >= 15 is 0 Å². The first-order chi connectivity index (χ1) is 5.43. The van der Waals surface area contributed by atoms with Crippen LogP contribution in [0.25, 0.3) is 0 Å². The monoisotopic (exact) mass is 222 g/mol. The molecule has 0 bridgehead atoms. The number of esters is 1. The van der Waals surface area contributed by atoms with E-state index < -0.39 is 26.7 Å². The number of carbonyl (C=O) groups is 2. The molecule has 0 aliphatic carbocycles. The van der Waals surface area contributed by atoms with Crippen LogP contribution in [0.5, 0.6) is 0 Å². The number of hydrogen-bond acceptors (Lipinski definition) is 4. The van der Waals surface area contributed by atoms with Crippen LogP contribution in [0.2, 0.25) is 0 Å². The first-order valence-corrected chi connectivity index (χ1v) is 5.12. The highest BCUT2D eigenvalue weighted by Gasteiger charge is 2.23. The van der Waals surface area contributed by atoms with Gasteiger partial charge in [-0.3, -0.25) is 0 Å². The molecule has 0 N–H and O–H groups in total. The van der Waals surface area contributed by atoms with Crippen molar-refractivity contribution in [3.8, 4) is 0 Å². The van der Waals surface area contributed by atoms with Crippen molar-refractivity contribution in [3.63, 3.8) is 0 Å². The van der Waals surface area contributed by atoms with Gasteiger partial charge in [-0.1, -0.05) is 0 Å². The van der Waals surface area contributed by atoms with Crippen LogP contribution in [-0.4, -0.2) is 18.6 Å². The normalized spacial score (nSPS) is 12.4. The Morgan fingerprint density at radius 3 is 2.17 bits per heavy atom. The highest BCUT2D eigenvalue weighted by Crippen LogP contribution is 2.47. The molecule has 2 unspecified atom stereocenters. The summed E-state index contributed by atoms with van der Waals surface area (Å²) in [5.41, 5.74) is 0. The van der Waals surface area contributed by atoms with Crippen molar-refractivity contribution in [1.29, 1.82) is 0 Å². The van der Waals surface area contributed by atoms with Crippen LogP contribution in [0.15, 0.2) is 0 Å². The maximum Gasteiger partial charge on any atom is 0.422 e. The van der Waals surface area contributed by atoms with E-state index in [1.54, 1.807) is 0 Å². The van der Waals surface area contributed by atoms with Gasteiger partial charge in [-0.05, 0) is 8.93 Å². The summed E-state index contributed by atoms with van der Waals surface area (Å²) >= 11 is 0. The molecule has 0 aromatic carbocycles. The molecule has 0 aromatic heterocycles. The van der Waals surface area contributed by atoms with Gasteiger partial charge in [0.05, 0.1) is 0 Å². The predicted molar refractivity (Wildman–Crippen MR) is 35.9 cm³/mol. The summed E-state index contributed by atoms with van der Waals surface area (Å²) in [6.07, 6.45) is 0. The van der Waals surface area contributed by atoms with Crippen LogP contribution in [0.1, 0.15) is 0 Å². The molecule has 0 saturated heterocycles. The average molecular weight is 222 g/mol. The van der Waals surface area contributed by atoms with Crippen LogP contribution in [0, 0.1) is 0 Å². The van der Waals surface area contributed by atoms with Gasteiger partial charge in [0.1, 0.15) is 0 Å². The van der Waals surface area contributed by atoms with Gasteiger partial charge in [-0.15, -0.1) is 0 Å². The summed E-state index contributed by atoms with van der Waals surface area (Å²) in [6, 6.07) is 0. The molecule has 9 heteroatoms. The minimum absolute atomic E-state index is 1.45. The molecule has 0 saturated carbocycles. The minimum Gasteiger partial charge on any atom is -0.401 e. The fourth-order valence-corrected chi connectivity index (χ4v) is 0.766. The van der Waals surface area contributed by atoms with E-state index in [0.717, 1.165) is 0 Å². The summed E-state index contributed by atoms with van der Waals surface area (Å²) in [4.78, 5) is 20.4. The van der Waals surface area contributed by atoms with Crippen LogP contribution in [0.3, 0.4) is 0 Å². The topological polar surface area (TPSA) is 52.6 Å². The molecule has 0 amide bonds. The van der Waals surface area contributed by atoms with Crippen LogP contribution in [0.4, 0.5) is 13.0 Å². The highest BCUT2D eigenvalue weighted by molar-refractivity contribution is 8.08. The molecular formula is C3H3F3O4P2. The first kappa shape index (κ1) is 11.6. The van der Waals surface area contributed by atoms with Gasteiger partial charge in [-0.2, -0.15) is 13.0 Å². The second kappa shape index (κ2) is 5.27. The van der Waals surface area contributed by atoms with E-state index in [2.05, 4.69) is 9.26 Å². The van der Waals surface area contributed by atoms with E-state index in [1.807, 2.05) is 0 Å². The van der Waals surface area contributed by atoms with Crippen molar-refractivity contribution in [3.05, 3.63) is 0 Å². The predicted octanol–water partition coefficient (Wildman–Crippen LogP) is 1.37. The molecule has 0 aliphatic heterocycles. The number of hydrogen-bond donors (Lipinski definition) is 0. The average Bonchev–Trinajstić information content (AvgIpc) is 1.84. The molecule has 2 atom stereocenters. The standard InChI is InChI=1S/C3H3F3O4P2/c4-3(5)9-1(7)2(8)10-12(6)11/h3H,11H2. The van der Waals surface area contributed by atoms with Gasteiger partial charge in [0.25, 0.3) is 8.15 Å². The third-order valence-electron chi connectivity index (χ3n) is 0.533. The lowest BCUT2D eigenvalue weighted by Gasteiger charge is -2.02. The lowest BCUT2D eigenvalue weighted by molar-refractivity contribution is -0.185. The fraction of sp³-hybridized carbons (Fsp3) is 0.333. The Kier molecular flexibility index (Phi) is 5.09. The molecule has 0 fully saturated rings. The Bertz CT molecular complexity index is 164. The maximum absolute atomic E-state index is 11.8. The fourth-order valence-electron chi connectivity index (χ4n) is 0.245. The summed E-state index contributed by atoms with van der Waals surface area (Å²) < 4.78 is 41.0. The van der Waals surface area contributed by atoms with E-state index in [0.29, 0.717) is 0 Å². The van der Waals surface area contributed by atoms with Crippen LogP contribution in [-0.2, 0) is 18.8 Å². The second-order valence-electron chi connectivity index (χ2n) is 1.32. The molecule has 0 aromatic rings. The third-order valence-corrected chi connectivity index (χ3v) is 1.19. The Hall–Kier alpha value is -0.410. The van der Waals surface area contributed by atoms with Gasteiger partial charge in [0, 0.05) is 0 Å². The molecule has 0 aliphatic rings. The molecule has 70 valence electrons. The van der Waals surface area contributed by atoms with E-state index in [4.69, 9.17) is 0 Å². The van der Waals surface area contributed by atoms with Crippen molar-refractivity contribution in [2.75, 3.05) is 0 Å². The molecule has 0 heterocycles. The number of carbonyl (C=O) groups excluding carboxylic acids is 2. The Balaban J connectivity index is 3.86. The van der Waals surface area contributed by atoms with Crippen molar-refractivity contribution < 1.29 is 31.8 Å². The second-order valence-corrected chi connectivity index (χ2v) is 3.26. The van der Waals surface area contributed by atoms with Gasteiger partial charge in [0.15, 0.2) is 0 Å². The lowest BCUT2D eigenvalue weighted by Crippen LogP contribution is -2.20. The zero-order valence-electron chi connectivity index (χ0n) is 5.37. The largest absolute Gasteiger partial charge is 0.422 e. The van der Waals surface area contributed by atoms with Crippen LogP contribution < -0.4 is 0 Å². The summed E-state index contributed by atoms with van der Waals surface area (Å²) in [5.74, 6) is -3.70. The zero-order chi connectivity index (χ0) is 9.72. The number of ether oxygens (including phenoxy) is 1. The molecule has 0 rings (SSSR count). The summed E-state index contributed by atoms with van der Waals surface area (Å²) in [5, 5.41) is 0. The number of alkyl halides is 2. The SMILES string of the molecule is O=C(OC(F)F)C(=O)OP(F)P. The summed E-state index contributed by atoms with van der Waals surface area (Å²) in [7, 11) is -1.22. The van der Waals surface area contributed by atoms with E-state index in [1.165, 1.54) is 8.93 Å². The molecule has 0 spiro atoms. The molecule has 4 nitrogen and oxygen atoms in total. The Morgan fingerprint density at radius 2 is 1.83 bits per heavy atom. The van der Waals surface area contributed by atoms with Crippen LogP contribution >= 0.6 is 17.1 Å². The Labute approximate surface area is 68.4 Å². The van der Waals surface area contributed by atoms with Gasteiger partial charge in [0.2, 0.25) is 0 Å². The van der Waals surface area contributed by atoms with Crippen molar-refractivity contribution in [2.45, 2.75) is 6.61 Å². The van der Waals surface area contributed by atoms with Gasteiger partial charge >= 0.3 is 18.6 Å². The van der Waals surface area contributed by atoms with Gasteiger partial charge < -0.3 is 9.26 Å². The highest BCUT2D eigenvalue weighted by atomic mass is 32.0. The van der Waals surface area contributed by atoms with E-state index in [-0.39, 0.29) is 0 Å². The lowest BCUT2D eigenvalue weighted by atomic mass is 10.7. The maximum atomic E-state index is 11.8. The molecule has 0 radical (unpaired) electrons. The van der Waals surface area contributed by atoms with Gasteiger partial charge in [-0.25, -0.2) is 9.59 Å². The van der Waals surface area contributed by atoms with E-state index in [9.17, 15) is 22.6 Å². The first-order valence-electron chi connectivity index (χ1n) is 2.35. The zero-order valence-corrected chi connectivity index (χ0v) is 7.42. The number of rotatable bonds is 2. The smallest absolute Gasteiger partial charge is 0.401 e. The van der Waals surface area contributed by atoms with Crippen molar-refractivity contribution in [1.82, 2.24) is 0 Å².